The molecule has 1 aromatic rings. The maximum atomic E-state index is 12.3. The molecular weight excluding hydrogens is 256 g/mol. The van der Waals surface area contributed by atoms with Gasteiger partial charge in [0, 0.05) is 0 Å². The van der Waals surface area contributed by atoms with Crippen LogP contribution >= 0.6 is 23.2 Å². The molecule has 6 heteroatoms. The van der Waals surface area contributed by atoms with Crippen molar-refractivity contribution in [2.24, 2.45) is 0 Å². The van der Waals surface area contributed by atoms with Gasteiger partial charge in [-0.3, -0.25) is 9.59 Å². The van der Waals surface area contributed by atoms with Crippen molar-refractivity contribution in [2.75, 3.05) is 18.1 Å². The summed E-state index contributed by atoms with van der Waals surface area (Å²) >= 11 is 11.7. The number of nitrogens with zero attached hydrogens (tertiary/aromatic N) is 1. The molecule has 1 aliphatic rings. The molecule has 0 aliphatic carbocycles. The van der Waals surface area contributed by atoms with Gasteiger partial charge in [0.05, 0.1) is 27.8 Å². The van der Waals surface area contributed by atoms with Crippen molar-refractivity contribution in [3.63, 3.8) is 0 Å². The second-order valence-electron chi connectivity index (χ2n) is 3.23. The summed E-state index contributed by atoms with van der Waals surface area (Å²) in [5, 5.41) is 0.367. The van der Waals surface area contributed by atoms with E-state index in [1.165, 1.54) is 12.1 Å². The third-order valence-corrected chi connectivity index (χ3v) is 2.94. The Morgan fingerprint density at radius 3 is 2.44 bits per heavy atom. The zero-order valence-corrected chi connectivity index (χ0v) is 9.48. The standard InChI is InChI=1S/C10H6Cl2FNO2/c11-5-1-2-6(12)8-7(5)9(15)10(16)14(8)4-3-13/h1-2H,3-4H2. The van der Waals surface area contributed by atoms with Gasteiger partial charge in [0.15, 0.2) is 0 Å². The Kier molecular flexibility index (Phi) is 2.86. The first-order valence-electron chi connectivity index (χ1n) is 4.48. The minimum absolute atomic E-state index is 0.0626. The highest BCUT2D eigenvalue weighted by Gasteiger charge is 2.38. The molecule has 0 radical (unpaired) electrons. The minimum Gasteiger partial charge on any atom is -0.301 e. The number of ketones is 1. The van der Waals surface area contributed by atoms with Crippen molar-refractivity contribution in [1.82, 2.24) is 0 Å². The number of carbonyl (C=O) groups excluding carboxylic acids is 2. The number of carbonyl (C=O) groups is 2. The molecule has 1 aromatic carbocycles. The number of halogens is 3. The summed E-state index contributed by atoms with van der Waals surface area (Å²) in [5.41, 5.74) is 0.273. The molecule has 3 nitrogen and oxygen atoms in total. The van der Waals surface area contributed by atoms with Crippen LogP contribution in [0.5, 0.6) is 0 Å². The third kappa shape index (κ3) is 1.49. The van der Waals surface area contributed by atoms with E-state index in [9.17, 15) is 14.0 Å². The summed E-state index contributed by atoms with van der Waals surface area (Å²) in [4.78, 5) is 24.2. The molecule has 0 fully saturated rings. The molecule has 0 saturated carbocycles. The number of hydrogen-bond donors (Lipinski definition) is 0. The molecule has 0 N–H and O–H groups in total. The summed E-state index contributed by atoms with van der Waals surface area (Å²) in [6.45, 7) is -0.945. The second-order valence-corrected chi connectivity index (χ2v) is 4.04. The highest BCUT2D eigenvalue weighted by Crippen LogP contribution is 2.39. The van der Waals surface area contributed by atoms with Crippen LogP contribution in [-0.4, -0.2) is 24.9 Å². The van der Waals surface area contributed by atoms with Crippen molar-refractivity contribution in [3.8, 4) is 0 Å². The molecule has 0 aromatic heterocycles. The van der Waals surface area contributed by atoms with Gasteiger partial charge in [0.1, 0.15) is 6.67 Å². The van der Waals surface area contributed by atoms with Crippen LogP contribution in [0.25, 0.3) is 0 Å². The number of hydrogen-bond acceptors (Lipinski definition) is 2. The normalized spacial score (nSPS) is 14.6. The van der Waals surface area contributed by atoms with E-state index in [0.29, 0.717) is 0 Å². The van der Waals surface area contributed by atoms with E-state index >= 15 is 0 Å². The molecule has 84 valence electrons. The summed E-state index contributed by atoms with van der Waals surface area (Å²) in [6, 6.07) is 2.91. The molecule has 0 atom stereocenters. The molecule has 1 aliphatic heterocycles. The highest BCUT2D eigenvalue weighted by atomic mass is 35.5. The lowest BCUT2D eigenvalue weighted by atomic mass is 10.1. The molecule has 2 rings (SSSR count). The van der Waals surface area contributed by atoms with Crippen molar-refractivity contribution >= 4 is 40.6 Å². The lowest BCUT2D eigenvalue weighted by molar-refractivity contribution is -0.114. The Morgan fingerprint density at radius 2 is 1.81 bits per heavy atom. The van der Waals surface area contributed by atoms with Crippen LogP contribution in [0.3, 0.4) is 0 Å². The summed E-state index contributed by atoms with van der Waals surface area (Å²) in [6.07, 6.45) is 0. The molecule has 16 heavy (non-hydrogen) atoms. The Balaban J connectivity index is 2.64. The Labute approximate surface area is 101 Å². The molecule has 0 unspecified atom stereocenters. The van der Waals surface area contributed by atoms with Crippen LogP contribution in [0, 0.1) is 0 Å². The van der Waals surface area contributed by atoms with Gasteiger partial charge in [-0.05, 0) is 12.1 Å². The fourth-order valence-electron chi connectivity index (χ4n) is 1.65. The monoisotopic (exact) mass is 261 g/mol. The van der Waals surface area contributed by atoms with Crippen molar-refractivity contribution in [2.45, 2.75) is 0 Å². The van der Waals surface area contributed by atoms with Gasteiger partial charge in [-0.25, -0.2) is 4.39 Å². The van der Waals surface area contributed by atoms with E-state index in [2.05, 4.69) is 0 Å². The highest BCUT2D eigenvalue weighted by molar-refractivity contribution is 6.56. The summed E-state index contributed by atoms with van der Waals surface area (Å²) in [7, 11) is 0. The number of Topliss-reactive ketones (excluding diaryl/α,β-unsaturated/α-hetero) is 1. The van der Waals surface area contributed by atoms with Gasteiger partial charge >= 0.3 is 0 Å². The van der Waals surface area contributed by atoms with Gasteiger partial charge in [-0.15, -0.1) is 0 Å². The predicted molar refractivity (Wildman–Crippen MR) is 59.1 cm³/mol. The summed E-state index contributed by atoms with van der Waals surface area (Å²) < 4.78 is 12.3. The van der Waals surface area contributed by atoms with Crippen molar-refractivity contribution < 1.29 is 14.0 Å². The quantitative estimate of drug-likeness (QED) is 0.768. The minimum atomic E-state index is -0.789. The number of anilines is 1. The smallest absolute Gasteiger partial charge is 0.299 e. The van der Waals surface area contributed by atoms with Crippen LogP contribution in [0.15, 0.2) is 12.1 Å². The van der Waals surface area contributed by atoms with Crippen LogP contribution in [0.4, 0.5) is 10.1 Å². The molecule has 0 bridgehead atoms. The van der Waals surface area contributed by atoms with E-state index in [1.807, 2.05) is 0 Å². The van der Waals surface area contributed by atoms with Gasteiger partial charge in [-0.2, -0.15) is 0 Å². The SMILES string of the molecule is O=C1C(=O)N(CCF)c2c(Cl)ccc(Cl)c21. The first-order valence-corrected chi connectivity index (χ1v) is 5.23. The average Bonchev–Trinajstić information content (AvgIpc) is 2.50. The fraction of sp³-hybridized carbons (Fsp3) is 0.200. The molecule has 0 spiro atoms. The first kappa shape index (κ1) is 11.4. The fourth-order valence-corrected chi connectivity index (χ4v) is 2.15. The maximum absolute atomic E-state index is 12.3. The van der Waals surface area contributed by atoms with E-state index in [1.54, 1.807) is 0 Å². The van der Waals surface area contributed by atoms with Crippen molar-refractivity contribution in [1.29, 1.82) is 0 Å². The van der Waals surface area contributed by atoms with E-state index in [0.717, 1.165) is 4.90 Å². The van der Waals surface area contributed by atoms with E-state index in [4.69, 9.17) is 23.2 Å². The Hall–Kier alpha value is -1.13. The first-order chi connectivity index (χ1) is 7.57. The zero-order valence-electron chi connectivity index (χ0n) is 7.97. The number of benzene rings is 1. The second kappa shape index (κ2) is 4.03. The van der Waals surface area contributed by atoms with Gasteiger partial charge in [0.2, 0.25) is 0 Å². The topological polar surface area (TPSA) is 37.4 Å². The maximum Gasteiger partial charge on any atom is 0.299 e. The summed E-state index contributed by atoms with van der Waals surface area (Å²) in [5.74, 6) is -1.53. The number of alkyl halides is 1. The average molecular weight is 262 g/mol. The van der Waals surface area contributed by atoms with Crippen molar-refractivity contribution in [3.05, 3.63) is 27.7 Å². The largest absolute Gasteiger partial charge is 0.301 e. The molecule has 1 amide bonds. The number of fused-ring (bicyclic) bond motifs is 1. The molecule has 0 saturated heterocycles. The van der Waals surface area contributed by atoms with Crippen LogP contribution in [0.2, 0.25) is 10.0 Å². The third-order valence-electron chi connectivity index (χ3n) is 2.32. The van der Waals surface area contributed by atoms with Crippen LogP contribution < -0.4 is 4.90 Å². The van der Waals surface area contributed by atoms with Crippen LogP contribution in [-0.2, 0) is 4.79 Å². The van der Waals surface area contributed by atoms with Crippen LogP contribution in [0.1, 0.15) is 10.4 Å². The van der Waals surface area contributed by atoms with Gasteiger partial charge < -0.3 is 4.90 Å². The lowest BCUT2D eigenvalue weighted by Crippen LogP contribution is -2.31. The number of rotatable bonds is 2. The van der Waals surface area contributed by atoms with E-state index < -0.39 is 18.4 Å². The van der Waals surface area contributed by atoms with Gasteiger partial charge in [0.25, 0.3) is 11.7 Å². The predicted octanol–water partition coefficient (Wildman–Crippen LogP) is 2.49. The van der Waals surface area contributed by atoms with E-state index in [-0.39, 0.29) is 27.8 Å². The zero-order chi connectivity index (χ0) is 11.9. The Morgan fingerprint density at radius 1 is 1.19 bits per heavy atom. The molecular formula is C10H6Cl2FNO2. The van der Waals surface area contributed by atoms with Gasteiger partial charge in [-0.1, -0.05) is 23.2 Å². The number of amides is 1. The molecule has 1 heterocycles. The lowest BCUT2D eigenvalue weighted by Gasteiger charge is -2.15. The Bertz CT molecular complexity index is 490.